The van der Waals surface area contributed by atoms with Crippen LogP contribution in [-0.4, -0.2) is 21.0 Å². The first-order chi connectivity index (χ1) is 9.03. The van der Waals surface area contributed by atoms with Crippen molar-refractivity contribution in [2.75, 3.05) is 11.9 Å². The van der Waals surface area contributed by atoms with Crippen LogP contribution in [0.15, 0.2) is 29.2 Å². The van der Waals surface area contributed by atoms with E-state index in [4.69, 9.17) is 0 Å². The van der Waals surface area contributed by atoms with Crippen LogP contribution in [0.3, 0.4) is 0 Å². The molecular formula is C14H22N2O2S. The Morgan fingerprint density at radius 1 is 1.21 bits per heavy atom. The fourth-order valence-corrected chi connectivity index (χ4v) is 3.92. The second-order valence-electron chi connectivity index (χ2n) is 5.19. The maximum absolute atomic E-state index is 12.3. The molecule has 2 atom stereocenters. The van der Waals surface area contributed by atoms with E-state index in [1.165, 1.54) is 0 Å². The fourth-order valence-electron chi connectivity index (χ4n) is 2.54. The first-order valence-corrected chi connectivity index (χ1v) is 8.37. The molecule has 0 radical (unpaired) electrons. The molecule has 2 unspecified atom stereocenters. The Bertz CT molecular complexity index is 511. The molecule has 106 valence electrons. The largest absolute Gasteiger partial charge is 0.385 e. The summed E-state index contributed by atoms with van der Waals surface area (Å²) in [6.45, 7) is 4.94. The Morgan fingerprint density at radius 2 is 1.89 bits per heavy atom. The molecule has 2 rings (SSSR count). The Kier molecular flexibility index (Phi) is 4.47. The van der Waals surface area contributed by atoms with Crippen molar-refractivity contribution in [3.63, 3.8) is 0 Å². The third-order valence-electron chi connectivity index (χ3n) is 3.71. The zero-order valence-corrected chi connectivity index (χ0v) is 12.3. The van der Waals surface area contributed by atoms with E-state index in [9.17, 15) is 8.42 Å². The van der Waals surface area contributed by atoms with Gasteiger partial charge in [-0.2, -0.15) is 0 Å². The summed E-state index contributed by atoms with van der Waals surface area (Å²) in [7, 11) is -3.39. The second kappa shape index (κ2) is 5.92. The highest BCUT2D eigenvalue weighted by Crippen LogP contribution is 2.26. The topological polar surface area (TPSA) is 58.2 Å². The molecule has 0 aromatic heterocycles. The van der Waals surface area contributed by atoms with Gasteiger partial charge in [0.25, 0.3) is 0 Å². The van der Waals surface area contributed by atoms with E-state index < -0.39 is 10.0 Å². The zero-order chi connectivity index (χ0) is 13.9. The molecule has 1 saturated carbocycles. The Morgan fingerprint density at radius 3 is 2.42 bits per heavy atom. The number of rotatable bonds is 5. The lowest BCUT2D eigenvalue weighted by Crippen LogP contribution is -2.36. The van der Waals surface area contributed by atoms with E-state index >= 15 is 0 Å². The molecule has 2 N–H and O–H groups in total. The zero-order valence-electron chi connectivity index (χ0n) is 11.5. The van der Waals surface area contributed by atoms with Crippen molar-refractivity contribution in [1.29, 1.82) is 0 Å². The summed E-state index contributed by atoms with van der Waals surface area (Å²) in [6, 6.07) is 6.99. The molecule has 0 spiro atoms. The van der Waals surface area contributed by atoms with Gasteiger partial charge in [-0.05, 0) is 49.9 Å². The summed E-state index contributed by atoms with van der Waals surface area (Å²) in [5.41, 5.74) is 0.940. The lowest BCUT2D eigenvalue weighted by Gasteiger charge is -2.17. The van der Waals surface area contributed by atoms with E-state index in [0.29, 0.717) is 10.8 Å². The van der Waals surface area contributed by atoms with Gasteiger partial charge in [-0.15, -0.1) is 0 Å². The van der Waals surface area contributed by atoms with Gasteiger partial charge in [0.15, 0.2) is 0 Å². The average Bonchev–Trinajstić information content (AvgIpc) is 2.75. The van der Waals surface area contributed by atoms with Gasteiger partial charge in [0, 0.05) is 18.3 Å². The second-order valence-corrected chi connectivity index (χ2v) is 6.90. The summed E-state index contributed by atoms with van der Waals surface area (Å²) in [6.07, 6.45) is 3.15. The molecule has 5 heteroatoms. The maximum Gasteiger partial charge on any atom is 0.240 e. The summed E-state index contributed by atoms with van der Waals surface area (Å²) in [4.78, 5) is 0.341. The first-order valence-electron chi connectivity index (χ1n) is 6.89. The van der Waals surface area contributed by atoms with Crippen molar-refractivity contribution in [2.24, 2.45) is 5.92 Å². The Hall–Kier alpha value is -1.07. The monoisotopic (exact) mass is 282 g/mol. The molecule has 0 bridgehead atoms. The van der Waals surface area contributed by atoms with Gasteiger partial charge in [-0.25, -0.2) is 13.1 Å². The van der Waals surface area contributed by atoms with Crippen LogP contribution in [0.4, 0.5) is 5.69 Å². The molecule has 0 heterocycles. The average molecular weight is 282 g/mol. The van der Waals surface area contributed by atoms with Crippen LogP contribution in [0.5, 0.6) is 0 Å². The number of benzene rings is 1. The highest BCUT2D eigenvalue weighted by molar-refractivity contribution is 7.89. The highest BCUT2D eigenvalue weighted by atomic mass is 32.2. The molecule has 0 saturated heterocycles. The summed E-state index contributed by atoms with van der Waals surface area (Å²) < 4.78 is 27.4. The molecule has 1 aromatic rings. The number of sulfonamides is 1. The molecule has 1 aromatic carbocycles. The minimum atomic E-state index is -3.39. The smallest absolute Gasteiger partial charge is 0.240 e. The van der Waals surface area contributed by atoms with Gasteiger partial charge >= 0.3 is 0 Å². The van der Waals surface area contributed by atoms with Crippen molar-refractivity contribution in [1.82, 2.24) is 4.72 Å². The van der Waals surface area contributed by atoms with Crippen molar-refractivity contribution >= 4 is 15.7 Å². The van der Waals surface area contributed by atoms with Gasteiger partial charge in [-0.1, -0.05) is 13.3 Å². The number of anilines is 1. The van der Waals surface area contributed by atoms with Gasteiger partial charge < -0.3 is 5.32 Å². The normalized spacial score (nSPS) is 23.5. The standard InChI is InChI=1S/C14H22N2O2S/c1-3-15-12-7-9-13(10-8-12)19(17,18)16-14-6-4-5-11(14)2/h7-11,14-16H,3-6H2,1-2H3. The van der Waals surface area contributed by atoms with Crippen molar-refractivity contribution in [3.05, 3.63) is 24.3 Å². The van der Waals surface area contributed by atoms with Crippen LogP contribution in [0, 0.1) is 5.92 Å². The molecule has 4 nitrogen and oxygen atoms in total. The van der Waals surface area contributed by atoms with E-state index in [-0.39, 0.29) is 6.04 Å². The molecule has 0 aliphatic heterocycles. The van der Waals surface area contributed by atoms with Crippen molar-refractivity contribution in [3.8, 4) is 0 Å². The molecule has 0 amide bonds. The lowest BCUT2D eigenvalue weighted by atomic mass is 10.1. The van der Waals surface area contributed by atoms with E-state index in [1.807, 2.05) is 6.92 Å². The first kappa shape index (κ1) is 14.3. The number of nitrogens with one attached hydrogen (secondary N) is 2. The van der Waals surface area contributed by atoms with Crippen LogP contribution >= 0.6 is 0 Å². The summed E-state index contributed by atoms with van der Waals surface area (Å²) >= 11 is 0. The van der Waals surface area contributed by atoms with Gasteiger partial charge in [0.2, 0.25) is 10.0 Å². The predicted molar refractivity (Wildman–Crippen MR) is 77.7 cm³/mol. The van der Waals surface area contributed by atoms with E-state index in [0.717, 1.165) is 31.5 Å². The van der Waals surface area contributed by atoms with Gasteiger partial charge in [0.1, 0.15) is 0 Å². The van der Waals surface area contributed by atoms with Crippen molar-refractivity contribution < 1.29 is 8.42 Å². The van der Waals surface area contributed by atoms with E-state index in [1.54, 1.807) is 24.3 Å². The van der Waals surface area contributed by atoms with Gasteiger partial charge in [-0.3, -0.25) is 0 Å². The summed E-state index contributed by atoms with van der Waals surface area (Å²) in [5.74, 6) is 0.427. The number of hydrogen-bond donors (Lipinski definition) is 2. The lowest BCUT2D eigenvalue weighted by molar-refractivity contribution is 0.476. The molecule has 1 aliphatic carbocycles. The molecule has 1 aliphatic rings. The van der Waals surface area contributed by atoms with Crippen LogP contribution in [0.2, 0.25) is 0 Å². The quantitative estimate of drug-likeness (QED) is 0.872. The third-order valence-corrected chi connectivity index (χ3v) is 5.22. The fraction of sp³-hybridized carbons (Fsp3) is 0.571. The van der Waals surface area contributed by atoms with Crippen LogP contribution in [0.1, 0.15) is 33.1 Å². The van der Waals surface area contributed by atoms with Crippen LogP contribution in [-0.2, 0) is 10.0 Å². The highest BCUT2D eigenvalue weighted by Gasteiger charge is 2.28. The summed E-state index contributed by atoms with van der Waals surface area (Å²) in [5, 5.41) is 3.15. The van der Waals surface area contributed by atoms with Crippen molar-refractivity contribution in [2.45, 2.75) is 44.0 Å². The van der Waals surface area contributed by atoms with Crippen LogP contribution < -0.4 is 10.0 Å². The Balaban J connectivity index is 2.10. The molecule has 19 heavy (non-hydrogen) atoms. The molecular weight excluding hydrogens is 260 g/mol. The molecule has 1 fully saturated rings. The Labute approximate surface area is 115 Å². The van der Waals surface area contributed by atoms with E-state index in [2.05, 4.69) is 17.0 Å². The predicted octanol–water partition coefficient (Wildman–Crippen LogP) is 2.59. The minimum Gasteiger partial charge on any atom is -0.385 e. The van der Waals surface area contributed by atoms with Crippen LogP contribution in [0.25, 0.3) is 0 Å². The maximum atomic E-state index is 12.3. The SMILES string of the molecule is CCNc1ccc(S(=O)(=O)NC2CCCC2C)cc1. The third kappa shape index (κ3) is 3.48. The minimum absolute atomic E-state index is 0.0819. The van der Waals surface area contributed by atoms with Gasteiger partial charge in [0.05, 0.1) is 4.90 Å². The number of hydrogen-bond acceptors (Lipinski definition) is 3.